The standard InChI is InChI=1S/C11H13BrN2O3/c1-7(10(15)16)14-11(17)13-6-8-4-2-3-5-9(8)12/h2-5,7H,6H2,1H3,(H,15,16)(H2,13,14,17)/t7-/m1/s1. The van der Waals surface area contributed by atoms with E-state index in [2.05, 4.69) is 26.6 Å². The molecular formula is C11H13BrN2O3. The van der Waals surface area contributed by atoms with Gasteiger partial charge in [0, 0.05) is 11.0 Å². The maximum absolute atomic E-state index is 11.3. The van der Waals surface area contributed by atoms with E-state index in [-0.39, 0.29) is 0 Å². The van der Waals surface area contributed by atoms with Gasteiger partial charge >= 0.3 is 12.0 Å². The third-order valence-electron chi connectivity index (χ3n) is 2.12. The number of nitrogens with one attached hydrogen (secondary N) is 2. The molecule has 2 amide bonds. The van der Waals surface area contributed by atoms with E-state index in [0.29, 0.717) is 6.54 Å². The van der Waals surface area contributed by atoms with Crippen molar-refractivity contribution in [1.29, 1.82) is 0 Å². The van der Waals surface area contributed by atoms with Crippen molar-refractivity contribution < 1.29 is 14.7 Å². The number of urea groups is 1. The Morgan fingerprint density at radius 3 is 2.65 bits per heavy atom. The van der Waals surface area contributed by atoms with Crippen molar-refractivity contribution in [3.8, 4) is 0 Å². The summed E-state index contributed by atoms with van der Waals surface area (Å²) in [5.74, 6) is -1.07. The number of carbonyl (C=O) groups is 2. The Balaban J connectivity index is 2.44. The fourth-order valence-electron chi connectivity index (χ4n) is 1.13. The first-order valence-corrected chi connectivity index (χ1v) is 5.80. The molecule has 0 fully saturated rings. The molecule has 0 radical (unpaired) electrons. The first-order valence-electron chi connectivity index (χ1n) is 5.01. The Morgan fingerprint density at radius 2 is 2.06 bits per heavy atom. The Labute approximate surface area is 107 Å². The lowest BCUT2D eigenvalue weighted by Gasteiger charge is -2.11. The van der Waals surface area contributed by atoms with Crippen molar-refractivity contribution in [3.63, 3.8) is 0 Å². The molecule has 1 aromatic rings. The molecule has 0 aromatic heterocycles. The van der Waals surface area contributed by atoms with E-state index in [4.69, 9.17) is 5.11 Å². The predicted octanol–water partition coefficient (Wildman–Crippen LogP) is 1.72. The number of carbonyl (C=O) groups excluding carboxylic acids is 1. The van der Waals surface area contributed by atoms with Crippen LogP contribution in [0.1, 0.15) is 12.5 Å². The highest BCUT2D eigenvalue weighted by Crippen LogP contribution is 2.15. The maximum atomic E-state index is 11.3. The molecule has 17 heavy (non-hydrogen) atoms. The van der Waals surface area contributed by atoms with Crippen LogP contribution in [0.3, 0.4) is 0 Å². The second-order valence-electron chi connectivity index (χ2n) is 3.48. The van der Waals surface area contributed by atoms with Gasteiger partial charge in [0.05, 0.1) is 0 Å². The Hall–Kier alpha value is -1.56. The molecule has 0 saturated carbocycles. The molecule has 1 aromatic carbocycles. The summed E-state index contributed by atoms with van der Waals surface area (Å²) in [5, 5.41) is 13.5. The summed E-state index contributed by atoms with van der Waals surface area (Å²) >= 11 is 3.35. The lowest BCUT2D eigenvalue weighted by atomic mass is 10.2. The van der Waals surface area contributed by atoms with Gasteiger partial charge in [0.1, 0.15) is 6.04 Å². The molecule has 0 saturated heterocycles. The second-order valence-corrected chi connectivity index (χ2v) is 4.33. The van der Waals surface area contributed by atoms with E-state index in [1.54, 1.807) is 0 Å². The Bertz CT molecular complexity index is 423. The summed E-state index contributed by atoms with van der Waals surface area (Å²) in [5.41, 5.74) is 0.922. The molecule has 0 aliphatic carbocycles. The van der Waals surface area contributed by atoms with Crippen LogP contribution in [0.5, 0.6) is 0 Å². The van der Waals surface area contributed by atoms with Crippen LogP contribution in [0.2, 0.25) is 0 Å². The van der Waals surface area contributed by atoms with Crippen molar-refractivity contribution in [1.82, 2.24) is 10.6 Å². The fourth-order valence-corrected chi connectivity index (χ4v) is 1.55. The number of hydrogen-bond acceptors (Lipinski definition) is 2. The molecule has 1 rings (SSSR count). The molecule has 0 unspecified atom stereocenters. The molecule has 6 heteroatoms. The van der Waals surface area contributed by atoms with Gasteiger partial charge in [0.2, 0.25) is 0 Å². The minimum Gasteiger partial charge on any atom is -0.480 e. The zero-order valence-corrected chi connectivity index (χ0v) is 10.8. The van der Waals surface area contributed by atoms with E-state index in [9.17, 15) is 9.59 Å². The topological polar surface area (TPSA) is 78.4 Å². The summed E-state index contributed by atoms with van der Waals surface area (Å²) in [6.45, 7) is 1.74. The normalized spacial score (nSPS) is 11.6. The highest BCUT2D eigenvalue weighted by atomic mass is 79.9. The third kappa shape index (κ3) is 4.44. The van der Waals surface area contributed by atoms with Crippen LogP contribution in [0.4, 0.5) is 4.79 Å². The van der Waals surface area contributed by atoms with Gasteiger partial charge in [0.15, 0.2) is 0 Å². The number of rotatable bonds is 4. The molecule has 5 nitrogen and oxygen atoms in total. The molecule has 0 bridgehead atoms. The molecular weight excluding hydrogens is 288 g/mol. The maximum Gasteiger partial charge on any atom is 0.325 e. The van der Waals surface area contributed by atoms with E-state index in [1.807, 2.05) is 24.3 Å². The van der Waals surface area contributed by atoms with Crippen LogP contribution < -0.4 is 10.6 Å². The van der Waals surface area contributed by atoms with Gasteiger partial charge in [-0.2, -0.15) is 0 Å². The number of aliphatic carboxylic acids is 1. The van der Waals surface area contributed by atoms with Crippen LogP contribution in [-0.2, 0) is 11.3 Å². The minimum absolute atomic E-state index is 0.333. The highest BCUT2D eigenvalue weighted by molar-refractivity contribution is 9.10. The Morgan fingerprint density at radius 1 is 1.41 bits per heavy atom. The van der Waals surface area contributed by atoms with Gasteiger partial charge in [-0.25, -0.2) is 4.79 Å². The third-order valence-corrected chi connectivity index (χ3v) is 2.89. The van der Waals surface area contributed by atoms with Crippen molar-refractivity contribution in [2.45, 2.75) is 19.5 Å². The van der Waals surface area contributed by atoms with Crippen LogP contribution >= 0.6 is 15.9 Å². The van der Waals surface area contributed by atoms with Gasteiger partial charge in [0.25, 0.3) is 0 Å². The van der Waals surface area contributed by atoms with Gasteiger partial charge in [-0.15, -0.1) is 0 Å². The lowest BCUT2D eigenvalue weighted by molar-refractivity contribution is -0.138. The highest BCUT2D eigenvalue weighted by Gasteiger charge is 2.13. The first kappa shape index (κ1) is 13.5. The van der Waals surface area contributed by atoms with Crippen LogP contribution in [0.25, 0.3) is 0 Å². The van der Waals surface area contributed by atoms with Gasteiger partial charge < -0.3 is 15.7 Å². The van der Waals surface area contributed by atoms with Crippen molar-refractivity contribution >= 4 is 27.9 Å². The number of carboxylic acid groups (broad SMARTS) is 1. The molecule has 92 valence electrons. The summed E-state index contributed by atoms with van der Waals surface area (Å²) in [4.78, 5) is 21.9. The van der Waals surface area contributed by atoms with Gasteiger partial charge in [-0.05, 0) is 18.6 Å². The quantitative estimate of drug-likeness (QED) is 0.792. The van der Waals surface area contributed by atoms with Crippen molar-refractivity contribution in [2.75, 3.05) is 0 Å². The molecule has 3 N–H and O–H groups in total. The first-order chi connectivity index (χ1) is 8.00. The fraction of sp³-hybridized carbons (Fsp3) is 0.273. The zero-order valence-electron chi connectivity index (χ0n) is 9.24. The Kier molecular flexibility index (Phi) is 4.96. The molecule has 0 aliphatic heterocycles. The number of hydrogen-bond donors (Lipinski definition) is 3. The largest absolute Gasteiger partial charge is 0.480 e. The van der Waals surface area contributed by atoms with Gasteiger partial charge in [-0.3, -0.25) is 4.79 Å². The number of carboxylic acids is 1. The summed E-state index contributed by atoms with van der Waals surface area (Å²) in [6.07, 6.45) is 0. The van der Waals surface area contributed by atoms with Crippen molar-refractivity contribution in [2.24, 2.45) is 0 Å². The average Bonchev–Trinajstić information content (AvgIpc) is 2.27. The molecule has 0 heterocycles. The number of amides is 2. The van der Waals surface area contributed by atoms with E-state index < -0.39 is 18.0 Å². The van der Waals surface area contributed by atoms with E-state index in [1.165, 1.54) is 6.92 Å². The van der Waals surface area contributed by atoms with E-state index >= 15 is 0 Å². The minimum atomic E-state index is -1.07. The summed E-state index contributed by atoms with van der Waals surface area (Å²) in [7, 11) is 0. The van der Waals surface area contributed by atoms with Gasteiger partial charge in [-0.1, -0.05) is 34.1 Å². The summed E-state index contributed by atoms with van der Waals surface area (Å²) in [6, 6.07) is 6.06. The second kappa shape index (κ2) is 6.24. The SMILES string of the molecule is C[C@@H](NC(=O)NCc1ccccc1Br)C(=O)O. The number of benzene rings is 1. The van der Waals surface area contributed by atoms with Crippen LogP contribution in [0.15, 0.2) is 28.7 Å². The number of halogens is 1. The summed E-state index contributed by atoms with van der Waals surface area (Å²) < 4.78 is 0.895. The molecule has 0 spiro atoms. The lowest BCUT2D eigenvalue weighted by Crippen LogP contribution is -2.44. The van der Waals surface area contributed by atoms with Crippen LogP contribution in [-0.4, -0.2) is 23.1 Å². The smallest absolute Gasteiger partial charge is 0.325 e. The van der Waals surface area contributed by atoms with Crippen molar-refractivity contribution in [3.05, 3.63) is 34.3 Å². The molecule has 1 atom stereocenters. The van der Waals surface area contributed by atoms with Crippen LogP contribution in [0, 0.1) is 0 Å². The molecule has 0 aliphatic rings. The van der Waals surface area contributed by atoms with E-state index in [0.717, 1.165) is 10.0 Å². The average molecular weight is 301 g/mol. The zero-order chi connectivity index (χ0) is 12.8. The predicted molar refractivity (Wildman–Crippen MR) is 66.6 cm³/mol. The monoisotopic (exact) mass is 300 g/mol.